The van der Waals surface area contributed by atoms with Crippen LogP contribution in [0.5, 0.6) is 0 Å². The number of halogens is 2. The topological polar surface area (TPSA) is 61.4 Å². The highest BCUT2D eigenvalue weighted by atomic mass is 79.9. The molecular weight excluding hydrogens is 612 g/mol. The van der Waals surface area contributed by atoms with Crippen molar-refractivity contribution in [2.45, 2.75) is 13.5 Å². The second-order valence-corrected chi connectivity index (χ2v) is 11.4. The number of rotatable bonds is 6. The van der Waals surface area contributed by atoms with E-state index in [-0.39, 0.29) is 0 Å². The molecule has 0 saturated carbocycles. The fourth-order valence-electron chi connectivity index (χ4n) is 4.05. The zero-order chi connectivity index (χ0) is 25.4. The summed E-state index contributed by atoms with van der Waals surface area (Å²) in [6.07, 6.45) is 4.00. The highest BCUT2D eigenvalue weighted by Crippen LogP contribution is 2.39. The molecule has 0 spiro atoms. The van der Waals surface area contributed by atoms with Gasteiger partial charge in [-0.05, 0) is 48.9 Å². The van der Waals surface area contributed by atoms with Crippen molar-refractivity contribution in [3.05, 3.63) is 111 Å². The maximum atomic E-state index is 5.01. The van der Waals surface area contributed by atoms with Crippen LogP contribution in [0, 0.1) is 6.92 Å². The Kier molecular flexibility index (Phi) is 6.58. The van der Waals surface area contributed by atoms with Gasteiger partial charge in [0.15, 0.2) is 0 Å². The predicted molar refractivity (Wildman–Crippen MR) is 155 cm³/mol. The zero-order valence-electron chi connectivity index (χ0n) is 19.7. The van der Waals surface area contributed by atoms with Crippen molar-refractivity contribution in [2.75, 3.05) is 0 Å². The number of benzene rings is 3. The van der Waals surface area contributed by atoms with Crippen LogP contribution in [-0.2, 0) is 6.54 Å². The summed E-state index contributed by atoms with van der Waals surface area (Å²) in [6, 6.07) is 26.5. The number of hydrogen-bond acceptors (Lipinski definition) is 5. The lowest BCUT2D eigenvalue weighted by molar-refractivity contribution is 0.650. The molecule has 182 valence electrons. The molecule has 0 amide bonds. The van der Waals surface area contributed by atoms with Crippen molar-refractivity contribution in [3.8, 4) is 38.1 Å². The molecule has 6 nitrogen and oxygen atoms in total. The van der Waals surface area contributed by atoms with Crippen molar-refractivity contribution < 1.29 is 0 Å². The summed E-state index contributed by atoms with van der Waals surface area (Å²) in [4.78, 5) is 5.90. The second kappa shape index (κ2) is 10.2. The maximum Gasteiger partial charge on any atom is 0.124 e. The van der Waals surface area contributed by atoms with E-state index >= 15 is 0 Å². The molecule has 37 heavy (non-hydrogen) atoms. The van der Waals surface area contributed by atoms with Gasteiger partial charge in [0.1, 0.15) is 16.4 Å². The molecule has 0 fully saturated rings. The summed E-state index contributed by atoms with van der Waals surface area (Å²) >= 11 is 8.64. The zero-order valence-corrected chi connectivity index (χ0v) is 23.7. The maximum absolute atomic E-state index is 5.01. The summed E-state index contributed by atoms with van der Waals surface area (Å²) in [6.45, 7) is 2.67. The predicted octanol–water partition coefficient (Wildman–Crippen LogP) is 7.80. The molecular formula is C28H20Br2N6S. The highest BCUT2D eigenvalue weighted by molar-refractivity contribution is 9.10. The first-order valence-electron chi connectivity index (χ1n) is 11.6. The molecule has 3 heterocycles. The fraction of sp³-hybridized carbons (Fsp3) is 0.0714. The summed E-state index contributed by atoms with van der Waals surface area (Å²) < 4.78 is 5.85. The van der Waals surface area contributed by atoms with Crippen LogP contribution >= 0.6 is 43.2 Å². The summed E-state index contributed by atoms with van der Waals surface area (Å²) in [5.41, 5.74) is 6.67. The van der Waals surface area contributed by atoms with Crippen molar-refractivity contribution >= 4 is 43.2 Å². The van der Waals surface area contributed by atoms with Crippen LogP contribution in [0.2, 0.25) is 0 Å². The molecule has 0 aliphatic carbocycles. The molecule has 6 aromatic rings. The van der Waals surface area contributed by atoms with E-state index in [2.05, 4.69) is 66.4 Å². The normalized spacial score (nSPS) is 11.2. The van der Waals surface area contributed by atoms with Crippen LogP contribution in [0.3, 0.4) is 0 Å². The minimum atomic E-state index is 0.635. The molecule has 0 saturated heterocycles. The first kappa shape index (κ1) is 24.0. The molecule has 0 unspecified atom stereocenters. The number of thiazole rings is 1. The van der Waals surface area contributed by atoms with Gasteiger partial charge in [0.05, 0.1) is 34.6 Å². The number of aromatic nitrogens is 6. The van der Waals surface area contributed by atoms with E-state index in [4.69, 9.17) is 10.1 Å². The molecule has 0 radical (unpaired) electrons. The van der Waals surface area contributed by atoms with Gasteiger partial charge in [-0.2, -0.15) is 5.10 Å². The van der Waals surface area contributed by atoms with Crippen LogP contribution in [0.1, 0.15) is 11.3 Å². The average Bonchev–Trinajstić information content (AvgIpc) is 3.65. The van der Waals surface area contributed by atoms with E-state index in [9.17, 15) is 0 Å². The number of aryl methyl sites for hydroxylation is 1. The van der Waals surface area contributed by atoms with Crippen molar-refractivity contribution in [1.29, 1.82) is 0 Å². The van der Waals surface area contributed by atoms with Gasteiger partial charge in [-0.25, -0.2) is 14.3 Å². The molecule has 0 bridgehead atoms. The van der Waals surface area contributed by atoms with Gasteiger partial charge in [-0.15, -0.1) is 16.4 Å². The molecule has 6 rings (SSSR count). The standard InChI is InChI=1S/C28H20Br2N6S/c1-18-27(37-28(31-18)20-9-13-22(30)14-10-20)26-24(16-36(33-26)23-5-3-2-4-6-23)25-17-35(34-32-25)15-19-7-11-21(29)12-8-19/h2-14,16-17H,15H2,1H3. The van der Waals surface area contributed by atoms with E-state index < -0.39 is 0 Å². The number of nitrogens with zero attached hydrogens (tertiary/aromatic N) is 6. The SMILES string of the molecule is Cc1nc(-c2ccc(Br)cc2)sc1-c1nn(-c2ccccc2)cc1-c1cn(Cc2ccc(Br)cc2)nn1. The Morgan fingerprint density at radius 1 is 0.838 bits per heavy atom. The smallest absolute Gasteiger partial charge is 0.124 e. The molecule has 0 N–H and O–H groups in total. The van der Waals surface area contributed by atoms with Crippen LogP contribution in [0.15, 0.2) is 100 Å². The fourth-order valence-corrected chi connectivity index (χ4v) is 5.65. The van der Waals surface area contributed by atoms with Gasteiger partial charge in [0, 0.05) is 20.7 Å². The highest BCUT2D eigenvalue weighted by Gasteiger charge is 2.22. The average molecular weight is 632 g/mol. The van der Waals surface area contributed by atoms with Gasteiger partial charge in [-0.1, -0.05) is 79.5 Å². The molecule has 0 atom stereocenters. The van der Waals surface area contributed by atoms with E-state index in [1.54, 1.807) is 11.3 Å². The van der Waals surface area contributed by atoms with Crippen LogP contribution in [-0.4, -0.2) is 29.8 Å². The number of hydrogen-bond donors (Lipinski definition) is 0. The summed E-state index contributed by atoms with van der Waals surface area (Å²) in [7, 11) is 0. The van der Waals surface area contributed by atoms with Gasteiger partial charge in [0.25, 0.3) is 0 Å². The first-order chi connectivity index (χ1) is 18.0. The van der Waals surface area contributed by atoms with Crippen LogP contribution < -0.4 is 0 Å². The first-order valence-corrected chi connectivity index (χ1v) is 14.0. The molecule has 3 aromatic heterocycles. The van der Waals surface area contributed by atoms with Crippen LogP contribution in [0.4, 0.5) is 0 Å². The van der Waals surface area contributed by atoms with Gasteiger partial charge in [0.2, 0.25) is 0 Å². The lowest BCUT2D eigenvalue weighted by Gasteiger charge is -2.00. The Hall–Kier alpha value is -3.40. The van der Waals surface area contributed by atoms with Gasteiger partial charge >= 0.3 is 0 Å². The molecule has 0 aliphatic heterocycles. The monoisotopic (exact) mass is 630 g/mol. The lowest BCUT2D eigenvalue weighted by Crippen LogP contribution is -1.99. The lowest BCUT2D eigenvalue weighted by atomic mass is 10.1. The Balaban J connectivity index is 1.42. The summed E-state index contributed by atoms with van der Waals surface area (Å²) in [5, 5.41) is 14.9. The Bertz CT molecular complexity index is 1670. The van der Waals surface area contributed by atoms with E-state index in [1.165, 1.54) is 0 Å². The Labute approximate surface area is 234 Å². The van der Waals surface area contributed by atoms with Crippen LogP contribution in [0.25, 0.3) is 38.1 Å². The number of para-hydroxylation sites is 1. The van der Waals surface area contributed by atoms with Crippen molar-refractivity contribution in [3.63, 3.8) is 0 Å². The van der Waals surface area contributed by atoms with Gasteiger partial charge < -0.3 is 0 Å². The van der Waals surface area contributed by atoms with E-state index in [1.807, 2.05) is 83.3 Å². The molecule has 9 heteroatoms. The van der Waals surface area contributed by atoms with Gasteiger partial charge in [-0.3, -0.25) is 0 Å². The van der Waals surface area contributed by atoms with Crippen molar-refractivity contribution in [2.24, 2.45) is 0 Å². The van der Waals surface area contributed by atoms with E-state index in [0.717, 1.165) is 58.3 Å². The third-order valence-electron chi connectivity index (χ3n) is 5.91. The molecule has 3 aromatic carbocycles. The Morgan fingerprint density at radius 2 is 1.54 bits per heavy atom. The quantitative estimate of drug-likeness (QED) is 0.188. The third kappa shape index (κ3) is 5.07. The minimum absolute atomic E-state index is 0.635. The van der Waals surface area contributed by atoms with E-state index in [0.29, 0.717) is 6.54 Å². The molecule has 0 aliphatic rings. The second-order valence-electron chi connectivity index (χ2n) is 8.54. The largest absolute Gasteiger partial charge is 0.247 e. The van der Waals surface area contributed by atoms with Crippen molar-refractivity contribution in [1.82, 2.24) is 29.8 Å². The minimum Gasteiger partial charge on any atom is -0.247 e. The third-order valence-corrected chi connectivity index (χ3v) is 8.18. The Morgan fingerprint density at radius 3 is 2.27 bits per heavy atom. The summed E-state index contributed by atoms with van der Waals surface area (Å²) in [5.74, 6) is 0.